The van der Waals surface area contributed by atoms with Crippen LogP contribution in [0.25, 0.3) is 0 Å². The molecule has 0 saturated carbocycles. The van der Waals surface area contributed by atoms with Gasteiger partial charge < -0.3 is 14.8 Å². The minimum atomic E-state index is -2.27. The van der Waals surface area contributed by atoms with Crippen LogP contribution in [0.4, 0.5) is 0 Å². The summed E-state index contributed by atoms with van der Waals surface area (Å²) in [4.78, 5) is 73.7. The van der Waals surface area contributed by atoms with Crippen LogP contribution in [0.15, 0.2) is 0 Å². The normalized spacial score (nSPS) is 21.9. The number of aliphatic carboxylic acids is 1. The van der Waals surface area contributed by atoms with Crippen LogP contribution in [0.1, 0.15) is 12.8 Å². The number of carboxylic acids is 1. The van der Waals surface area contributed by atoms with E-state index in [-0.39, 0.29) is 25.9 Å². The predicted octanol–water partition coefficient (Wildman–Crippen LogP) is -1.01. The summed E-state index contributed by atoms with van der Waals surface area (Å²) in [5.41, 5.74) is 0. The number of hydrogen-bond donors (Lipinski definition) is 1. The van der Waals surface area contributed by atoms with Crippen molar-refractivity contribution in [2.45, 2.75) is 22.1 Å². The maximum absolute atomic E-state index is 12.5. The van der Waals surface area contributed by atoms with E-state index < -0.39 is 44.6 Å². The SMILES string of the molecule is O=C1CCN(OC(=O)C(Br)(C(Br)C(=O)O)N2CCC(=O)C2=O)C1=O. The van der Waals surface area contributed by atoms with E-state index in [1.165, 1.54) is 0 Å². The number of carbonyl (C=O) groups is 6. The first-order valence-electron chi connectivity index (χ1n) is 6.58. The van der Waals surface area contributed by atoms with Crippen molar-refractivity contribution in [1.29, 1.82) is 0 Å². The van der Waals surface area contributed by atoms with Gasteiger partial charge in [0.05, 0.1) is 6.54 Å². The lowest BCUT2D eigenvalue weighted by molar-refractivity contribution is -0.199. The molecule has 2 unspecified atom stereocenters. The number of Topliss-reactive ketones (excluding diaryl/α,β-unsaturated/α-hetero) is 2. The monoisotopic (exact) mass is 468 g/mol. The molecule has 2 fully saturated rings. The predicted molar refractivity (Wildman–Crippen MR) is 80.8 cm³/mol. The number of carbonyl (C=O) groups excluding carboxylic acids is 5. The zero-order valence-corrected chi connectivity index (χ0v) is 15.0. The molecule has 2 saturated heterocycles. The number of alkyl halides is 2. The van der Waals surface area contributed by atoms with Gasteiger partial charge in [0.25, 0.3) is 5.91 Å². The van der Waals surface area contributed by atoms with Gasteiger partial charge in [-0.05, 0) is 15.9 Å². The van der Waals surface area contributed by atoms with Gasteiger partial charge in [-0.1, -0.05) is 15.9 Å². The van der Waals surface area contributed by atoms with Crippen LogP contribution in [0, 0.1) is 0 Å². The molecule has 0 bridgehead atoms. The molecule has 0 aromatic heterocycles. The molecule has 2 aliphatic rings. The van der Waals surface area contributed by atoms with Crippen molar-refractivity contribution < 1.29 is 38.7 Å². The van der Waals surface area contributed by atoms with E-state index in [2.05, 4.69) is 31.9 Å². The summed E-state index contributed by atoms with van der Waals surface area (Å²) in [7, 11) is 0. The number of amides is 2. The van der Waals surface area contributed by atoms with E-state index in [1.807, 2.05) is 0 Å². The smallest absolute Gasteiger partial charge is 0.370 e. The van der Waals surface area contributed by atoms with Crippen molar-refractivity contribution in [1.82, 2.24) is 9.96 Å². The van der Waals surface area contributed by atoms with Crippen molar-refractivity contribution >= 4 is 67.2 Å². The minimum absolute atomic E-state index is 0.154. The van der Waals surface area contributed by atoms with Crippen LogP contribution < -0.4 is 0 Å². The number of halogens is 2. The van der Waals surface area contributed by atoms with E-state index in [4.69, 9.17) is 4.84 Å². The van der Waals surface area contributed by atoms with Crippen molar-refractivity contribution in [3.63, 3.8) is 0 Å². The molecule has 2 heterocycles. The van der Waals surface area contributed by atoms with E-state index in [0.717, 1.165) is 0 Å². The number of rotatable bonds is 5. The third kappa shape index (κ3) is 2.95. The van der Waals surface area contributed by atoms with E-state index >= 15 is 0 Å². The molecule has 12 heteroatoms. The second kappa shape index (κ2) is 6.59. The Hall–Kier alpha value is -1.82. The summed E-state index contributed by atoms with van der Waals surface area (Å²) in [5.74, 6) is -6.49. The number of carboxylic acid groups (broad SMARTS) is 1. The van der Waals surface area contributed by atoms with Gasteiger partial charge in [-0.2, -0.15) is 5.06 Å². The lowest BCUT2D eigenvalue weighted by Gasteiger charge is -2.36. The number of nitrogens with zero attached hydrogens (tertiary/aromatic N) is 2. The molecule has 1 N–H and O–H groups in total. The summed E-state index contributed by atoms with van der Waals surface area (Å²) < 4.78 is -2.27. The van der Waals surface area contributed by atoms with Crippen LogP contribution in [-0.4, -0.2) is 72.8 Å². The van der Waals surface area contributed by atoms with Crippen molar-refractivity contribution in [2.75, 3.05) is 13.1 Å². The molecule has 0 aromatic rings. The highest BCUT2D eigenvalue weighted by Gasteiger charge is 2.58. The quantitative estimate of drug-likeness (QED) is 0.307. The second-order valence-electron chi connectivity index (χ2n) is 4.96. The Morgan fingerprint density at radius 3 is 2.04 bits per heavy atom. The van der Waals surface area contributed by atoms with E-state index in [9.17, 15) is 33.9 Å². The van der Waals surface area contributed by atoms with E-state index in [0.29, 0.717) is 9.96 Å². The molecular weight excluding hydrogens is 460 g/mol. The molecule has 0 radical (unpaired) electrons. The summed E-state index contributed by atoms with van der Waals surface area (Å²) in [5, 5.41) is 9.68. The van der Waals surface area contributed by atoms with Gasteiger partial charge in [-0.25, -0.2) is 4.79 Å². The Kier molecular flexibility index (Phi) is 5.08. The molecule has 2 aliphatic heterocycles. The van der Waals surface area contributed by atoms with Crippen molar-refractivity contribution in [3.8, 4) is 0 Å². The molecule has 0 aliphatic carbocycles. The molecule has 0 spiro atoms. The molecule has 2 atom stereocenters. The molecule has 130 valence electrons. The van der Waals surface area contributed by atoms with Gasteiger partial charge >= 0.3 is 17.8 Å². The Labute approximate surface area is 151 Å². The highest BCUT2D eigenvalue weighted by atomic mass is 79.9. The molecule has 24 heavy (non-hydrogen) atoms. The first kappa shape index (κ1) is 18.5. The standard InChI is InChI=1S/C12H10Br2N2O8/c13-7(10(21)22)12(14,15-3-1-5(17)8(15)19)11(23)24-16-4-2-6(18)9(16)20/h7H,1-4H2,(H,21,22). The van der Waals surface area contributed by atoms with Crippen molar-refractivity contribution in [2.24, 2.45) is 0 Å². The average molecular weight is 470 g/mol. The first-order valence-corrected chi connectivity index (χ1v) is 8.29. The highest BCUT2D eigenvalue weighted by molar-refractivity contribution is 9.13. The zero-order chi connectivity index (χ0) is 18.2. The zero-order valence-electron chi connectivity index (χ0n) is 11.9. The molecule has 2 amide bonds. The van der Waals surface area contributed by atoms with Gasteiger partial charge in [0.2, 0.25) is 16.0 Å². The van der Waals surface area contributed by atoms with Crippen LogP contribution in [0.2, 0.25) is 0 Å². The minimum Gasteiger partial charge on any atom is -0.480 e. The largest absolute Gasteiger partial charge is 0.480 e. The van der Waals surface area contributed by atoms with Gasteiger partial charge in [0.15, 0.2) is 4.83 Å². The fraction of sp³-hybridized carbons (Fsp3) is 0.500. The second-order valence-corrected chi connectivity index (χ2v) is 7.09. The molecule has 2 rings (SSSR count). The lowest BCUT2D eigenvalue weighted by Crippen LogP contribution is -2.60. The Morgan fingerprint density at radius 1 is 1.08 bits per heavy atom. The van der Waals surface area contributed by atoms with Crippen LogP contribution in [-0.2, 0) is 33.6 Å². The fourth-order valence-corrected chi connectivity index (χ4v) is 3.24. The van der Waals surface area contributed by atoms with Crippen molar-refractivity contribution in [3.05, 3.63) is 0 Å². The Morgan fingerprint density at radius 2 is 1.62 bits per heavy atom. The molecule has 0 aromatic carbocycles. The Balaban J connectivity index is 2.32. The van der Waals surface area contributed by atoms with Crippen LogP contribution in [0.3, 0.4) is 0 Å². The maximum Gasteiger partial charge on any atom is 0.370 e. The summed E-state index contributed by atoms with van der Waals surface area (Å²) in [6, 6.07) is 0. The molecular formula is C12H10Br2N2O8. The van der Waals surface area contributed by atoms with Crippen LogP contribution >= 0.6 is 31.9 Å². The number of hydrogen-bond acceptors (Lipinski definition) is 7. The number of ketones is 2. The van der Waals surface area contributed by atoms with Gasteiger partial charge in [0, 0.05) is 19.4 Å². The van der Waals surface area contributed by atoms with Gasteiger partial charge in [0.1, 0.15) is 0 Å². The lowest BCUT2D eigenvalue weighted by atomic mass is 10.2. The fourth-order valence-electron chi connectivity index (χ4n) is 2.20. The number of hydroxylamine groups is 2. The average Bonchev–Trinajstić information content (AvgIpc) is 3.03. The van der Waals surface area contributed by atoms with E-state index in [1.54, 1.807) is 0 Å². The third-order valence-corrected chi connectivity index (χ3v) is 6.36. The van der Waals surface area contributed by atoms with Crippen LogP contribution in [0.5, 0.6) is 0 Å². The summed E-state index contributed by atoms with van der Waals surface area (Å²) >= 11 is 5.66. The Bertz CT molecular complexity index is 665. The maximum atomic E-state index is 12.5. The summed E-state index contributed by atoms with van der Waals surface area (Å²) in [6.45, 7) is -0.389. The highest BCUT2D eigenvalue weighted by Crippen LogP contribution is 2.37. The van der Waals surface area contributed by atoms with Gasteiger partial charge in [-0.3, -0.25) is 24.0 Å². The topological polar surface area (TPSA) is 138 Å². The number of likely N-dealkylation sites (tertiary alicyclic amines) is 1. The first-order chi connectivity index (χ1) is 11.1. The molecule has 10 nitrogen and oxygen atoms in total. The third-order valence-electron chi connectivity index (χ3n) is 3.48. The van der Waals surface area contributed by atoms with Gasteiger partial charge in [-0.15, -0.1) is 0 Å². The summed E-state index contributed by atoms with van der Waals surface area (Å²) in [6.07, 6.45) is -0.348.